The molecule has 0 aliphatic rings. The first-order chi connectivity index (χ1) is 24.4. The summed E-state index contributed by atoms with van der Waals surface area (Å²) in [5, 5.41) is 0. The topological polar surface area (TPSA) is 27.7 Å². The molecule has 0 spiro atoms. The molecule has 51 heavy (non-hydrogen) atoms. The Morgan fingerprint density at radius 3 is 1.43 bits per heavy atom. The van der Waals surface area contributed by atoms with Gasteiger partial charge in [-0.2, -0.15) is 4.39 Å². The first-order valence-corrected chi connectivity index (χ1v) is 17.2. The Morgan fingerprint density at radius 2 is 0.941 bits per heavy atom. The average Bonchev–Trinajstić information content (AvgIpc) is 3.09. The molecule has 0 N–H and O–H groups in total. The largest absolute Gasteiger partial charge is 0.493 e. The van der Waals surface area contributed by atoms with Crippen molar-refractivity contribution < 1.29 is 49.3 Å². The molecule has 11 heteroatoms. The molecule has 0 aliphatic heterocycles. The molecule has 0 radical (unpaired) electrons. The fourth-order valence-corrected chi connectivity index (χ4v) is 5.65. The van der Waals surface area contributed by atoms with Crippen molar-refractivity contribution in [3.05, 3.63) is 101 Å². The maximum atomic E-state index is 14.7. The van der Waals surface area contributed by atoms with E-state index in [9.17, 15) is 35.1 Å². The van der Waals surface area contributed by atoms with Crippen LogP contribution in [-0.4, -0.2) is 25.7 Å². The molecule has 0 unspecified atom stereocenters. The van der Waals surface area contributed by atoms with Gasteiger partial charge in [-0.3, -0.25) is 0 Å². The van der Waals surface area contributed by atoms with Gasteiger partial charge in [0.25, 0.3) is 0 Å². The molecule has 0 aliphatic carbocycles. The number of halogens is 8. The number of benzene rings is 4. The Bertz CT molecular complexity index is 1740. The van der Waals surface area contributed by atoms with Crippen molar-refractivity contribution in [1.82, 2.24) is 0 Å². The third kappa shape index (κ3) is 11.1. The number of hydrogen-bond donors (Lipinski definition) is 0. The molecule has 3 nitrogen and oxygen atoms in total. The predicted molar refractivity (Wildman–Crippen MR) is 182 cm³/mol. The third-order valence-corrected chi connectivity index (χ3v) is 8.49. The van der Waals surface area contributed by atoms with Crippen LogP contribution in [0.15, 0.2) is 60.7 Å². The second-order valence-electron chi connectivity index (χ2n) is 12.4. The van der Waals surface area contributed by atoms with Gasteiger partial charge < -0.3 is 14.2 Å². The summed E-state index contributed by atoms with van der Waals surface area (Å²) in [5.41, 5.74) is -0.481. The molecule has 0 saturated carbocycles. The van der Waals surface area contributed by atoms with Gasteiger partial charge in [0.1, 0.15) is 23.1 Å². The van der Waals surface area contributed by atoms with Gasteiger partial charge in [-0.05, 0) is 81.5 Å². The van der Waals surface area contributed by atoms with Gasteiger partial charge in [-0.1, -0.05) is 37.8 Å². The molecule has 0 bridgehead atoms. The Balaban J connectivity index is 1.06. The first-order valence-electron chi connectivity index (χ1n) is 17.2. The van der Waals surface area contributed by atoms with Crippen LogP contribution in [-0.2, 0) is 0 Å². The summed E-state index contributed by atoms with van der Waals surface area (Å²) in [7, 11) is 0. The van der Waals surface area contributed by atoms with Gasteiger partial charge in [0, 0.05) is 47.2 Å². The molecule has 276 valence electrons. The van der Waals surface area contributed by atoms with E-state index in [1.165, 1.54) is 55.5 Å². The van der Waals surface area contributed by atoms with Gasteiger partial charge >= 0.3 is 0 Å². The van der Waals surface area contributed by atoms with E-state index < -0.39 is 40.8 Å². The highest BCUT2D eigenvalue weighted by atomic mass is 19.3. The Kier molecular flexibility index (Phi) is 14.6. The molecular weight excluding hydrogens is 680 g/mol. The molecular formula is C40H42F8O3. The summed E-state index contributed by atoms with van der Waals surface area (Å²) in [5.74, 6) is -8.61. The number of aryl methyl sites for hydroxylation is 1. The van der Waals surface area contributed by atoms with Crippen molar-refractivity contribution in [2.24, 2.45) is 0 Å². The Hall–Kier alpha value is -4.28. The van der Waals surface area contributed by atoms with Crippen LogP contribution in [0.1, 0.15) is 76.7 Å². The highest BCUT2D eigenvalue weighted by Crippen LogP contribution is 2.34. The summed E-state index contributed by atoms with van der Waals surface area (Å²) in [6.45, 7) is 3.72. The van der Waals surface area contributed by atoms with Gasteiger partial charge in [0.2, 0.25) is 11.7 Å². The van der Waals surface area contributed by atoms with Gasteiger partial charge in [0.05, 0.1) is 19.8 Å². The van der Waals surface area contributed by atoms with Crippen molar-refractivity contribution in [3.8, 4) is 39.5 Å². The zero-order valence-corrected chi connectivity index (χ0v) is 28.7. The Labute approximate surface area is 293 Å². The van der Waals surface area contributed by atoms with Gasteiger partial charge in [0.15, 0.2) is 23.2 Å². The normalized spacial score (nSPS) is 11.6. The van der Waals surface area contributed by atoms with E-state index in [-0.39, 0.29) is 77.7 Å². The van der Waals surface area contributed by atoms with E-state index in [0.717, 1.165) is 12.1 Å². The molecule has 0 amide bonds. The van der Waals surface area contributed by atoms with E-state index in [0.29, 0.717) is 51.4 Å². The van der Waals surface area contributed by atoms with Gasteiger partial charge in [-0.15, -0.1) is 0 Å². The summed E-state index contributed by atoms with van der Waals surface area (Å²) < 4.78 is 131. The van der Waals surface area contributed by atoms with Crippen LogP contribution >= 0.6 is 0 Å². The lowest BCUT2D eigenvalue weighted by molar-refractivity contribution is -0.0207. The SMILES string of the molecule is CCOc1ccc(-c2ccc(OCCCCCCC(F)(F)CCCCCCOc3ccc(-c4ccc(C)c(F)c4F)c(F)c3)cc2F)c(F)c1F. The van der Waals surface area contributed by atoms with Crippen molar-refractivity contribution in [3.63, 3.8) is 0 Å². The maximum Gasteiger partial charge on any atom is 0.248 e. The van der Waals surface area contributed by atoms with Crippen LogP contribution in [0, 0.1) is 41.8 Å². The van der Waals surface area contributed by atoms with Crippen LogP contribution in [0.2, 0.25) is 0 Å². The quantitative estimate of drug-likeness (QED) is 0.0671. The fraction of sp³-hybridized carbons (Fsp3) is 0.400. The highest BCUT2D eigenvalue weighted by Gasteiger charge is 2.27. The van der Waals surface area contributed by atoms with Crippen LogP contribution < -0.4 is 14.2 Å². The molecule has 0 aromatic heterocycles. The molecule has 4 aromatic carbocycles. The van der Waals surface area contributed by atoms with Crippen molar-refractivity contribution in [2.75, 3.05) is 19.8 Å². The average molecular weight is 723 g/mol. The van der Waals surface area contributed by atoms with Crippen molar-refractivity contribution in [1.29, 1.82) is 0 Å². The number of unbranched alkanes of at least 4 members (excludes halogenated alkanes) is 6. The zero-order chi connectivity index (χ0) is 37.0. The summed E-state index contributed by atoms with van der Waals surface area (Å²) in [4.78, 5) is 0. The summed E-state index contributed by atoms with van der Waals surface area (Å²) >= 11 is 0. The van der Waals surface area contributed by atoms with E-state index in [1.807, 2.05) is 0 Å². The first kappa shape index (κ1) is 39.5. The third-order valence-electron chi connectivity index (χ3n) is 8.49. The molecule has 4 rings (SSSR count). The molecule has 4 aromatic rings. The Morgan fingerprint density at radius 1 is 0.490 bits per heavy atom. The second-order valence-corrected chi connectivity index (χ2v) is 12.4. The number of alkyl halides is 2. The van der Waals surface area contributed by atoms with Crippen molar-refractivity contribution in [2.45, 2.75) is 84.0 Å². The number of rotatable bonds is 20. The molecule has 0 fully saturated rings. The van der Waals surface area contributed by atoms with E-state index in [2.05, 4.69) is 0 Å². The highest BCUT2D eigenvalue weighted by molar-refractivity contribution is 5.67. The van der Waals surface area contributed by atoms with Gasteiger partial charge in [-0.25, -0.2) is 30.7 Å². The van der Waals surface area contributed by atoms with Crippen LogP contribution in [0.5, 0.6) is 17.2 Å². The standard InChI is InChI=1S/C40H42F8O3/c1-3-49-35-19-18-32(38(45)39(35)46)30-17-14-28(25-34(30)42)51-23-11-7-5-9-21-40(47,48)20-8-4-6-10-22-50-27-13-16-29(33(41)24-27)31-15-12-26(2)36(43)37(31)44/h12-19,24-25H,3-11,20-23H2,1-2H3. The number of hydrogen-bond acceptors (Lipinski definition) is 3. The smallest absolute Gasteiger partial charge is 0.248 e. The van der Waals surface area contributed by atoms with Crippen LogP contribution in [0.25, 0.3) is 22.3 Å². The van der Waals surface area contributed by atoms with E-state index in [4.69, 9.17) is 14.2 Å². The fourth-order valence-electron chi connectivity index (χ4n) is 5.65. The predicted octanol–water partition coefficient (Wildman–Crippen LogP) is 12.6. The monoisotopic (exact) mass is 722 g/mol. The van der Waals surface area contributed by atoms with Crippen LogP contribution in [0.4, 0.5) is 35.1 Å². The minimum atomic E-state index is -2.77. The number of ether oxygens (including phenoxy) is 3. The molecule has 0 saturated heterocycles. The second kappa shape index (κ2) is 18.8. The zero-order valence-electron chi connectivity index (χ0n) is 28.7. The minimum Gasteiger partial charge on any atom is -0.493 e. The summed E-state index contributed by atoms with van der Waals surface area (Å²) in [6, 6.07) is 13.0. The summed E-state index contributed by atoms with van der Waals surface area (Å²) in [6.07, 6.45) is 3.95. The minimum absolute atomic E-state index is 0.0769. The van der Waals surface area contributed by atoms with E-state index >= 15 is 0 Å². The van der Waals surface area contributed by atoms with E-state index in [1.54, 1.807) is 6.92 Å². The molecule has 0 heterocycles. The van der Waals surface area contributed by atoms with Crippen LogP contribution in [0.3, 0.4) is 0 Å². The maximum absolute atomic E-state index is 14.7. The lowest BCUT2D eigenvalue weighted by Crippen LogP contribution is -2.15. The molecule has 0 atom stereocenters. The lowest BCUT2D eigenvalue weighted by Gasteiger charge is -2.16. The van der Waals surface area contributed by atoms with Crippen molar-refractivity contribution >= 4 is 0 Å². The lowest BCUT2D eigenvalue weighted by atomic mass is 10.0.